The lowest BCUT2D eigenvalue weighted by Gasteiger charge is -2.25. The lowest BCUT2D eigenvalue weighted by atomic mass is 10.1. The van der Waals surface area contributed by atoms with Gasteiger partial charge in [0.1, 0.15) is 5.60 Å². The topological polar surface area (TPSA) is 58.6 Å². The molecular formula is C13H26N2O3. The highest BCUT2D eigenvalue weighted by Crippen LogP contribution is 2.10. The highest BCUT2D eigenvalue weighted by Gasteiger charge is 2.19. The van der Waals surface area contributed by atoms with Gasteiger partial charge in [0.05, 0.1) is 0 Å². The van der Waals surface area contributed by atoms with Gasteiger partial charge in [0.25, 0.3) is 0 Å². The van der Waals surface area contributed by atoms with Crippen molar-refractivity contribution in [2.45, 2.75) is 46.6 Å². The summed E-state index contributed by atoms with van der Waals surface area (Å²) in [6, 6.07) is 0. The summed E-state index contributed by atoms with van der Waals surface area (Å²) in [4.78, 5) is 24.0. The average molecular weight is 258 g/mol. The van der Waals surface area contributed by atoms with E-state index in [1.165, 1.54) is 6.92 Å². The van der Waals surface area contributed by atoms with E-state index in [0.29, 0.717) is 19.0 Å². The van der Waals surface area contributed by atoms with Gasteiger partial charge in [-0.3, -0.25) is 4.79 Å². The molecule has 0 saturated carbocycles. The zero-order valence-corrected chi connectivity index (χ0v) is 12.4. The third-order valence-electron chi connectivity index (χ3n) is 2.36. The number of nitrogens with zero attached hydrogens (tertiary/aromatic N) is 1. The van der Waals surface area contributed by atoms with Crippen LogP contribution >= 0.6 is 0 Å². The molecular weight excluding hydrogens is 232 g/mol. The first kappa shape index (κ1) is 16.7. The van der Waals surface area contributed by atoms with E-state index in [9.17, 15) is 9.59 Å². The molecule has 0 aromatic carbocycles. The Balaban J connectivity index is 3.91. The predicted molar refractivity (Wildman–Crippen MR) is 71.3 cm³/mol. The summed E-state index contributed by atoms with van der Waals surface area (Å²) in [5.41, 5.74) is -0.465. The standard InChI is InChI=1S/C13H26N2O3/c1-10(9-14-11(2)16)7-8-15(6)12(17)18-13(3,4)5/h10H,7-9H2,1-6H3,(H,14,16). The molecule has 0 spiro atoms. The molecule has 0 saturated heterocycles. The molecule has 0 aromatic heterocycles. The van der Waals surface area contributed by atoms with Crippen molar-refractivity contribution in [1.29, 1.82) is 0 Å². The van der Waals surface area contributed by atoms with Crippen molar-refractivity contribution >= 4 is 12.0 Å². The van der Waals surface area contributed by atoms with Crippen LogP contribution in [0.15, 0.2) is 0 Å². The van der Waals surface area contributed by atoms with E-state index >= 15 is 0 Å². The van der Waals surface area contributed by atoms with Crippen molar-refractivity contribution in [2.75, 3.05) is 20.1 Å². The van der Waals surface area contributed by atoms with Gasteiger partial charge in [-0.15, -0.1) is 0 Å². The minimum absolute atomic E-state index is 0.0256. The number of amides is 2. The second kappa shape index (κ2) is 7.24. The first-order chi connectivity index (χ1) is 8.11. The van der Waals surface area contributed by atoms with E-state index in [1.807, 2.05) is 27.7 Å². The van der Waals surface area contributed by atoms with E-state index in [-0.39, 0.29) is 12.0 Å². The maximum Gasteiger partial charge on any atom is 0.410 e. The van der Waals surface area contributed by atoms with Crippen LogP contribution in [0.2, 0.25) is 0 Å². The summed E-state index contributed by atoms with van der Waals surface area (Å²) in [6.07, 6.45) is 0.518. The molecule has 0 aliphatic heterocycles. The predicted octanol–water partition coefficient (Wildman–Crippen LogP) is 2.02. The highest BCUT2D eigenvalue weighted by atomic mass is 16.6. The Morgan fingerprint density at radius 2 is 1.89 bits per heavy atom. The average Bonchev–Trinajstić information content (AvgIpc) is 2.20. The number of rotatable bonds is 5. The number of hydrogen-bond acceptors (Lipinski definition) is 3. The van der Waals surface area contributed by atoms with Crippen LogP contribution in [0, 0.1) is 5.92 Å². The zero-order chi connectivity index (χ0) is 14.3. The van der Waals surface area contributed by atoms with Crippen molar-refractivity contribution in [3.8, 4) is 0 Å². The first-order valence-corrected chi connectivity index (χ1v) is 6.30. The van der Waals surface area contributed by atoms with Crippen LogP contribution in [0.1, 0.15) is 41.0 Å². The third kappa shape index (κ3) is 8.84. The smallest absolute Gasteiger partial charge is 0.410 e. The molecule has 106 valence electrons. The maximum atomic E-state index is 11.7. The van der Waals surface area contributed by atoms with Crippen LogP contribution in [-0.4, -0.2) is 42.6 Å². The molecule has 1 N–H and O–H groups in total. The van der Waals surface area contributed by atoms with Crippen LogP contribution in [-0.2, 0) is 9.53 Å². The molecule has 2 amide bonds. The Morgan fingerprint density at radius 1 is 1.33 bits per heavy atom. The van der Waals surface area contributed by atoms with Crippen molar-refractivity contribution < 1.29 is 14.3 Å². The van der Waals surface area contributed by atoms with Crippen LogP contribution in [0.5, 0.6) is 0 Å². The van der Waals surface area contributed by atoms with Gasteiger partial charge >= 0.3 is 6.09 Å². The minimum Gasteiger partial charge on any atom is -0.444 e. The van der Waals surface area contributed by atoms with Crippen LogP contribution in [0.3, 0.4) is 0 Å². The Hall–Kier alpha value is -1.26. The quantitative estimate of drug-likeness (QED) is 0.820. The van der Waals surface area contributed by atoms with E-state index in [0.717, 1.165) is 6.42 Å². The van der Waals surface area contributed by atoms with Crippen LogP contribution < -0.4 is 5.32 Å². The summed E-state index contributed by atoms with van der Waals surface area (Å²) in [5.74, 6) is 0.307. The van der Waals surface area contributed by atoms with Gasteiger partial charge in [-0.25, -0.2) is 4.79 Å². The van der Waals surface area contributed by atoms with Gasteiger partial charge in [-0.1, -0.05) is 6.92 Å². The molecule has 0 aliphatic rings. The molecule has 0 heterocycles. The van der Waals surface area contributed by atoms with Gasteiger partial charge in [0.2, 0.25) is 5.91 Å². The second-order valence-corrected chi connectivity index (χ2v) is 5.73. The summed E-state index contributed by atoms with van der Waals surface area (Å²) in [7, 11) is 1.72. The van der Waals surface area contributed by atoms with Gasteiger partial charge in [-0.05, 0) is 33.1 Å². The molecule has 0 bridgehead atoms. The molecule has 0 aromatic rings. The molecule has 0 radical (unpaired) electrons. The number of carbonyl (C=O) groups excluding carboxylic acids is 2. The molecule has 0 aliphatic carbocycles. The van der Waals surface area contributed by atoms with Crippen LogP contribution in [0.4, 0.5) is 4.79 Å². The molecule has 0 rings (SSSR count). The largest absolute Gasteiger partial charge is 0.444 e. The van der Waals surface area contributed by atoms with Crippen molar-refractivity contribution in [1.82, 2.24) is 10.2 Å². The number of nitrogens with one attached hydrogen (secondary N) is 1. The fourth-order valence-electron chi connectivity index (χ4n) is 1.27. The lowest BCUT2D eigenvalue weighted by Crippen LogP contribution is -2.36. The Bertz CT molecular complexity index is 284. The first-order valence-electron chi connectivity index (χ1n) is 6.30. The van der Waals surface area contributed by atoms with Gasteiger partial charge in [-0.2, -0.15) is 0 Å². The van der Waals surface area contributed by atoms with E-state index in [1.54, 1.807) is 11.9 Å². The molecule has 5 nitrogen and oxygen atoms in total. The highest BCUT2D eigenvalue weighted by molar-refractivity contribution is 5.72. The molecule has 1 atom stereocenters. The maximum absolute atomic E-state index is 11.7. The molecule has 0 fully saturated rings. The van der Waals surface area contributed by atoms with Crippen molar-refractivity contribution in [3.05, 3.63) is 0 Å². The van der Waals surface area contributed by atoms with Crippen LogP contribution in [0.25, 0.3) is 0 Å². The van der Waals surface area contributed by atoms with Gasteiger partial charge < -0.3 is 15.0 Å². The van der Waals surface area contributed by atoms with Crippen molar-refractivity contribution in [2.24, 2.45) is 5.92 Å². The molecule has 18 heavy (non-hydrogen) atoms. The minimum atomic E-state index is -0.465. The lowest BCUT2D eigenvalue weighted by molar-refractivity contribution is -0.119. The Kier molecular flexibility index (Phi) is 6.73. The Labute approximate surface area is 110 Å². The normalized spacial score (nSPS) is 12.8. The number of carbonyl (C=O) groups is 2. The monoisotopic (exact) mass is 258 g/mol. The summed E-state index contributed by atoms with van der Waals surface area (Å²) in [6.45, 7) is 10.3. The van der Waals surface area contributed by atoms with E-state index in [4.69, 9.17) is 4.74 Å². The summed E-state index contributed by atoms with van der Waals surface area (Å²) >= 11 is 0. The Morgan fingerprint density at radius 3 is 2.33 bits per heavy atom. The fraction of sp³-hybridized carbons (Fsp3) is 0.846. The number of ether oxygens (including phenoxy) is 1. The summed E-state index contributed by atoms with van der Waals surface area (Å²) < 4.78 is 5.25. The van der Waals surface area contributed by atoms with Crippen molar-refractivity contribution in [3.63, 3.8) is 0 Å². The third-order valence-corrected chi connectivity index (χ3v) is 2.36. The van der Waals surface area contributed by atoms with Gasteiger partial charge in [0, 0.05) is 27.1 Å². The zero-order valence-electron chi connectivity index (χ0n) is 12.4. The van der Waals surface area contributed by atoms with E-state index < -0.39 is 5.60 Å². The number of hydrogen-bond donors (Lipinski definition) is 1. The summed E-state index contributed by atoms with van der Waals surface area (Å²) in [5, 5.41) is 2.76. The van der Waals surface area contributed by atoms with Gasteiger partial charge in [0.15, 0.2) is 0 Å². The van der Waals surface area contributed by atoms with E-state index in [2.05, 4.69) is 5.32 Å². The fourth-order valence-corrected chi connectivity index (χ4v) is 1.27. The molecule has 5 heteroatoms. The second-order valence-electron chi connectivity index (χ2n) is 5.73. The SMILES string of the molecule is CC(=O)NCC(C)CCN(C)C(=O)OC(C)(C)C. The molecule has 1 unspecified atom stereocenters.